The number of nitrogens with zero attached hydrogens (tertiary/aromatic N) is 5. The zero-order valence-electron chi connectivity index (χ0n) is 16.1. The SMILES string of the molecule is Cc1nnsc1C(=O)N(CCN1CCOCC1)c1nc2c(C)cc(Cl)cc2s1.Cl. The van der Waals surface area contributed by atoms with Crippen molar-refractivity contribution >= 4 is 68.1 Å². The number of ether oxygens (including phenoxy) is 1. The molecule has 4 rings (SSSR count). The Morgan fingerprint density at radius 2 is 2.07 bits per heavy atom. The lowest BCUT2D eigenvalue weighted by Gasteiger charge is -2.29. The Morgan fingerprint density at radius 1 is 1.31 bits per heavy atom. The Morgan fingerprint density at radius 3 is 2.76 bits per heavy atom. The van der Waals surface area contributed by atoms with Crippen LogP contribution in [0.5, 0.6) is 0 Å². The van der Waals surface area contributed by atoms with E-state index in [1.165, 1.54) is 11.3 Å². The Hall–Kier alpha value is -1.36. The van der Waals surface area contributed by atoms with Crippen LogP contribution in [0.15, 0.2) is 12.1 Å². The van der Waals surface area contributed by atoms with Crippen LogP contribution in [0.4, 0.5) is 5.13 Å². The first-order valence-electron chi connectivity index (χ1n) is 9.00. The van der Waals surface area contributed by atoms with Crippen LogP contribution in [0.1, 0.15) is 20.9 Å². The Labute approximate surface area is 188 Å². The highest BCUT2D eigenvalue weighted by molar-refractivity contribution is 7.22. The fourth-order valence-electron chi connectivity index (χ4n) is 3.16. The number of carbonyl (C=O) groups excluding carboxylic acids is 1. The molecule has 156 valence electrons. The molecule has 2 aromatic heterocycles. The molecule has 1 aliphatic heterocycles. The summed E-state index contributed by atoms with van der Waals surface area (Å²) in [6.07, 6.45) is 0. The molecule has 1 aromatic carbocycles. The maximum absolute atomic E-state index is 13.3. The monoisotopic (exact) mass is 473 g/mol. The number of aryl methyl sites for hydroxylation is 2. The minimum atomic E-state index is -0.108. The summed E-state index contributed by atoms with van der Waals surface area (Å²) in [5, 5.41) is 5.34. The highest BCUT2D eigenvalue weighted by Gasteiger charge is 2.26. The second kappa shape index (κ2) is 9.63. The van der Waals surface area contributed by atoms with Gasteiger partial charge in [0, 0.05) is 31.2 Å². The summed E-state index contributed by atoms with van der Waals surface area (Å²) in [6, 6.07) is 3.79. The number of anilines is 1. The van der Waals surface area contributed by atoms with E-state index in [1.807, 2.05) is 19.1 Å². The summed E-state index contributed by atoms with van der Waals surface area (Å²) in [4.78, 5) is 22.6. The molecule has 1 saturated heterocycles. The molecule has 1 aliphatic rings. The standard InChI is InChI=1S/C18H20ClN5O2S2.ClH/c1-11-9-13(19)10-14-15(11)20-18(27-14)24(4-3-23-5-7-26-8-6-23)17(25)16-12(2)21-22-28-16;/h9-10H,3-8H2,1-2H3;1H. The first kappa shape index (κ1) is 22.3. The van der Waals surface area contributed by atoms with Gasteiger partial charge in [-0.05, 0) is 43.1 Å². The van der Waals surface area contributed by atoms with Crippen LogP contribution >= 0.6 is 46.9 Å². The number of hydrogen-bond donors (Lipinski definition) is 0. The van der Waals surface area contributed by atoms with E-state index >= 15 is 0 Å². The smallest absolute Gasteiger partial charge is 0.273 e. The highest BCUT2D eigenvalue weighted by atomic mass is 35.5. The first-order valence-corrected chi connectivity index (χ1v) is 11.0. The normalized spacial score (nSPS) is 14.7. The largest absolute Gasteiger partial charge is 0.379 e. The zero-order chi connectivity index (χ0) is 19.7. The summed E-state index contributed by atoms with van der Waals surface area (Å²) >= 11 is 8.81. The van der Waals surface area contributed by atoms with Crippen molar-refractivity contribution < 1.29 is 9.53 Å². The maximum atomic E-state index is 13.3. The summed E-state index contributed by atoms with van der Waals surface area (Å²) in [5.41, 5.74) is 2.53. The molecule has 0 atom stereocenters. The number of thiazole rings is 1. The zero-order valence-corrected chi connectivity index (χ0v) is 19.3. The van der Waals surface area contributed by atoms with E-state index in [2.05, 4.69) is 14.5 Å². The van der Waals surface area contributed by atoms with Crippen molar-refractivity contribution in [3.05, 3.63) is 33.3 Å². The third-order valence-electron chi connectivity index (χ3n) is 4.70. The van der Waals surface area contributed by atoms with Gasteiger partial charge in [-0.25, -0.2) is 4.98 Å². The van der Waals surface area contributed by atoms with Gasteiger partial charge in [-0.2, -0.15) is 0 Å². The lowest BCUT2D eigenvalue weighted by atomic mass is 10.2. The molecule has 0 radical (unpaired) electrons. The van der Waals surface area contributed by atoms with Gasteiger partial charge < -0.3 is 4.74 Å². The second-order valence-electron chi connectivity index (χ2n) is 6.66. The van der Waals surface area contributed by atoms with Crippen molar-refractivity contribution in [3.63, 3.8) is 0 Å². The minimum Gasteiger partial charge on any atom is -0.379 e. The number of benzene rings is 1. The molecule has 3 heterocycles. The van der Waals surface area contributed by atoms with Gasteiger partial charge in [-0.15, -0.1) is 17.5 Å². The quantitative estimate of drug-likeness (QED) is 0.560. The molecule has 3 aromatic rings. The van der Waals surface area contributed by atoms with E-state index in [1.54, 1.807) is 11.8 Å². The molecule has 29 heavy (non-hydrogen) atoms. The average Bonchev–Trinajstić information content (AvgIpc) is 3.29. The number of fused-ring (bicyclic) bond motifs is 1. The third kappa shape index (κ3) is 4.87. The lowest BCUT2D eigenvalue weighted by Crippen LogP contribution is -2.43. The van der Waals surface area contributed by atoms with Crippen molar-refractivity contribution in [3.8, 4) is 0 Å². The van der Waals surface area contributed by atoms with Crippen LogP contribution in [-0.2, 0) is 4.74 Å². The van der Waals surface area contributed by atoms with E-state index in [0.717, 1.165) is 60.2 Å². The minimum absolute atomic E-state index is 0. The summed E-state index contributed by atoms with van der Waals surface area (Å²) in [7, 11) is 0. The molecule has 0 spiro atoms. The predicted molar refractivity (Wildman–Crippen MR) is 120 cm³/mol. The number of morpholine rings is 1. The molecule has 7 nitrogen and oxygen atoms in total. The molecule has 1 fully saturated rings. The molecule has 0 bridgehead atoms. The van der Waals surface area contributed by atoms with Crippen molar-refractivity contribution in [2.45, 2.75) is 13.8 Å². The Bertz CT molecular complexity index is 1000. The van der Waals surface area contributed by atoms with Gasteiger partial charge in [-0.1, -0.05) is 27.4 Å². The fraction of sp³-hybridized carbons (Fsp3) is 0.444. The molecule has 0 unspecified atom stereocenters. The van der Waals surface area contributed by atoms with Crippen molar-refractivity contribution in [1.29, 1.82) is 0 Å². The van der Waals surface area contributed by atoms with Crippen LogP contribution in [-0.4, -0.2) is 64.8 Å². The van der Waals surface area contributed by atoms with Gasteiger partial charge in [0.1, 0.15) is 4.88 Å². The van der Waals surface area contributed by atoms with Crippen LogP contribution in [0.25, 0.3) is 10.2 Å². The fourth-order valence-corrected chi connectivity index (χ4v) is 5.21. The van der Waals surface area contributed by atoms with E-state index in [4.69, 9.17) is 21.3 Å². The topological polar surface area (TPSA) is 71.5 Å². The van der Waals surface area contributed by atoms with E-state index < -0.39 is 0 Å². The van der Waals surface area contributed by atoms with Crippen LogP contribution in [0.2, 0.25) is 5.02 Å². The second-order valence-corrected chi connectivity index (χ2v) is 8.86. The lowest BCUT2D eigenvalue weighted by molar-refractivity contribution is 0.0391. The number of hydrogen-bond acceptors (Lipinski definition) is 8. The predicted octanol–water partition coefficient (Wildman–Crippen LogP) is 3.82. The van der Waals surface area contributed by atoms with Gasteiger partial charge in [0.05, 0.1) is 29.1 Å². The van der Waals surface area contributed by atoms with Gasteiger partial charge in [0.2, 0.25) is 0 Å². The van der Waals surface area contributed by atoms with Gasteiger partial charge in [0.15, 0.2) is 5.13 Å². The number of halogens is 2. The van der Waals surface area contributed by atoms with E-state index in [-0.39, 0.29) is 18.3 Å². The molecule has 11 heteroatoms. The van der Waals surface area contributed by atoms with Crippen molar-refractivity contribution in [2.75, 3.05) is 44.3 Å². The first-order chi connectivity index (χ1) is 13.5. The van der Waals surface area contributed by atoms with Gasteiger partial charge in [-0.3, -0.25) is 14.6 Å². The van der Waals surface area contributed by atoms with Crippen molar-refractivity contribution in [2.24, 2.45) is 0 Å². The summed E-state index contributed by atoms with van der Waals surface area (Å²) in [6.45, 7) is 8.29. The molecule has 0 aliphatic carbocycles. The van der Waals surface area contributed by atoms with Gasteiger partial charge >= 0.3 is 0 Å². The number of rotatable bonds is 5. The third-order valence-corrected chi connectivity index (χ3v) is 6.76. The Kier molecular flexibility index (Phi) is 7.42. The molecule has 0 N–H and O–H groups in total. The molecular formula is C18H21Cl2N5O2S2. The Balaban J connectivity index is 0.00000240. The van der Waals surface area contributed by atoms with E-state index in [9.17, 15) is 4.79 Å². The molecular weight excluding hydrogens is 453 g/mol. The van der Waals surface area contributed by atoms with Crippen LogP contribution in [0.3, 0.4) is 0 Å². The van der Waals surface area contributed by atoms with Gasteiger partial charge in [0.25, 0.3) is 5.91 Å². The maximum Gasteiger partial charge on any atom is 0.273 e. The van der Waals surface area contributed by atoms with Crippen molar-refractivity contribution in [1.82, 2.24) is 19.5 Å². The number of amides is 1. The molecule has 0 saturated carbocycles. The van der Waals surface area contributed by atoms with E-state index in [0.29, 0.717) is 27.3 Å². The number of aromatic nitrogens is 3. The van der Waals surface area contributed by atoms with Crippen LogP contribution in [0, 0.1) is 13.8 Å². The molecule has 1 amide bonds. The highest BCUT2D eigenvalue weighted by Crippen LogP contribution is 2.34. The summed E-state index contributed by atoms with van der Waals surface area (Å²) < 4.78 is 10.3. The summed E-state index contributed by atoms with van der Waals surface area (Å²) in [5.74, 6) is -0.108. The number of carbonyl (C=O) groups is 1. The average molecular weight is 474 g/mol. The van der Waals surface area contributed by atoms with Crippen LogP contribution < -0.4 is 4.90 Å².